The second-order valence-corrected chi connectivity index (χ2v) is 8.54. The van der Waals surface area contributed by atoms with E-state index >= 15 is 0 Å². The van der Waals surface area contributed by atoms with Crippen LogP contribution < -0.4 is 21.1 Å². The van der Waals surface area contributed by atoms with E-state index in [1.165, 1.54) is 24.3 Å². The van der Waals surface area contributed by atoms with Crippen LogP contribution >= 0.6 is 0 Å². The molecule has 0 bridgehead atoms. The fourth-order valence-corrected chi connectivity index (χ4v) is 3.86. The lowest BCUT2D eigenvalue weighted by Gasteiger charge is -2.15. The zero-order valence-corrected chi connectivity index (χ0v) is 18.6. The number of nitrogens with zero attached hydrogens (tertiary/aromatic N) is 1. The van der Waals surface area contributed by atoms with Gasteiger partial charge in [-0.1, -0.05) is 30.3 Å². The van der Waals surface area contributed by atoms with E-state index in [-0.39, 0.29) is 17.9 Å². The number of sulfonamides is 1. The maximum absolute atomic E-state index is 12.3. The van der Waals surface area contributed by atoms with Gasteiger partial charge in [-0.2, -0.15) is 4.72 Å². The lowest BCUT2D eigenvalue weighted by atomic mass is 10.1. The molecule has 6 N–H and O–H groups in total. The highest BCUT2D eigenvalue weighted by Gasteiger charge is 2.25. The third kappa shape index (κ3) is 7.70. The molecule has 0 saturated carbocycles. The Labute approximate surface area is 191 Å². The summed E-state index contributed by atoms with van der Waals surface area (Å²) in [5.41, 5.74) is 6.73. The number of nitrogens with one attached hydrogen (secondary N) is 3. The standard InChI is InChI=1S/C21H25N5O6S/c1-23-19(22)14-7-9-15(10-8-14)20(28)24-12-11-18(27)25-13-17(21(29)30)26-33(31,32)16-5-3-2-4-6-16/h2-10,17,26H,11-13H2,1H3,(H2,22,23)(H,24,28)(H,25,27)(H,29,30)/t17-/m0/s1. The molecule has 2 rings (SSSR count). The number of hydrogen-bond acceptors (Lipinski definition) is 6. The molecule has 0 unspecified atom stereocenters. The van der Waals surface area contributed by atoms with Crippen LogP contribution in [0.4, 0.5) is 0 Å². The molecule has 33 heavy (non-hydrogen) atoms. The summed E-state index contributed by atoms with van der Waals surface area (Å²) in [7, 11) is -2.52. The number of carboxylic acids is 1. The molecular formula is C21H25N5O6S. The number of amidine groups is 1. The second kappa shape index (κ2) is 11.7. The largest absolute Gasteiger partial charge is 0.480 e. The van der Waals surface area contributed by atoms with Crippen LogP contribution in [0.2, 0.25) is 0 Å². The van der Waals surface area contributed by atoms with E-state index in [4.69, 9.17) is 5.73 Å². The van der Waals surface area contributed by atoms with Crippen LogP contribution in [0.25, 0.3) is 0 Å². The van der Waals surface area contributed by atoms with Gasteiger partial charge < -0.3 is 21.5 Å². The van der Waals surface area contributed by atoms with Crippen LogP contribution in [0.1, 0.15) is 22.3 Å². The van der Waals surface area contributed by atoms with Crippen LogP contribution in [0.3, 0.4) is 0 Å². The number of carbonyl (C=O) groups excluding carboxylic acids is 2. The molecule has 0 aliphatic rings. The van der Waals surface area contributed by atoms with E-state index < -0.39 is 40.4 Å². The van der Waals surface area contributed by atoms with Gasteiger partial charge in [0.05, 0.1) is 4.90 Å². The third-order valence-electron chi connectivity index (χ3n) is 4.47. The molecule has 0 saturated heterocycles. The smallest absolute Gasteiger partial charge is 0.323 e. The Kier molecular flexibility index (Phi) is 9.07. The van der Waals surface area contributed by atoms with Crippen molar-refractivity contribution in [2.45, 2.75) is 17.4 Å². The van der Waals surface area contributed by atoms with E-state index in [0.29, 0.717) is 17.0 Å². The van der Waals surface area contributed by atoms with Crippen molar-refractivity contribution in [1.82, 2.24) is 15.4 Å². The monoisotopic (exact) mass is 475 g/mol. The van der Waals surface area contributed by atoms with E-state index in [1.807, 2.05) is 4.72 Å². The average molecular weight is 476 g/mol. The van der Waals surface area contributed by atoms with Crippen molar-refractivity contribution in [3.8, 4) is 0 Å². The Balaban J connectivity index is 1.82. The summed E-state index contributed by atoms with van der Waals surface area (Å²) in [6, 6.07) is 12.1. The van der Waals surface area contributed by atoms with Gasteiger partial charge in [0.25, 0.3) is 5.91 Å². The minimum Gasteiger partial charge on any atom is -0.480 e. The van der Waals surface area contributed by atoms with Gasteiger partial charge in [0.1, 0.15) is 11.9 Å². The Hall–Kier alpha value is -3.77. The predicted molar refractivity (Wildman–Crippen MR) is 121 cm³/mol. The van der Waals surface area contributed by atoms with Crippen LogP contribution in [-0.4, -0.2) is 63.3 Å². The van der Waals surface area contributed by atoms with Crippen molar-refractivity contribution in [1.29, 1.82) is 0 Å². The van der Waals surface area contributed by atoms with Gasteiger partial charge in [-0.3, -0.25) is 19.4 Å². The summed E-state index contributed by atoms with van der Waals surface area (Å²) in [5.74, 6) is -2.06. The van der Waals surface area contributed by atoms with Crippen molar-refractivity contribution in [3.05, 3.63) is 65.7 Å². The first-order valence-corrected chi connectivity index (χ1v) is 11.3. The Bertz CT molecular complexity index is 1120. The first-order chi connectivity index (χ1) is 15.6. The Morgan fingerprint density at radius 3 is 2.18 bits per heavy atom. The summed E-state index contributed by atoms with van der Waals surface area (Å²) in [4.78, 5) is 39.4. The molecular weight excluding hydrogens is 450 g/mol. The van der Waals surface area contributed by atoms with Gasteiger partial charge in [-0.05, 0) is 24.3 Å². The maximum atomic E-state index is 12.3. The maximum Gasteiger partial charge on any atom is 0.323 e. The molecule has 2 aromatic carbocycles. The molecule has 11 nitrogen and oxygen atoms in total. The molecule has 2 aromatic rings. The fraction of sp³-hybridized carbons (Fsp3) is 0.238. The summed E-state index contributed by atoms with van der Waals surface area (Å²) in [5, 5.41) is 14.2. The molecule has 0 aliphatic heterocycles. The molecule has 0 aromatic heterocycles. The quantitative estimate of drug-likeness (QED) is 0.218. The zero-order chi connectivity index (χ0) is 24.4. The number of hydrogen-bond donors (Lipinski definition) is 5. The van der Waals surface area contributed by atoms with E-state index in [9.17, 15) is 27.9 Å². The van der Waals surface area contributed by atoms with Gasteiger partial charge >= 0.3 is 5.97 Å². The molecule has 12 heteroatoms. The number of aliphatic imine (C=N–C) groups is 1. The van der Waals surface area contributed by atoms with Gasteiger partial charge in [0.2, 0.25) is 15.9 Å². The van der Waals surface area contributed by atoms with Crippen LogP contribution in [-0.2, 0) is 19.6 Å². The lowest BCUT2D eigenvalue weighted by Crippen LogP contribution is -2.48. The van der Waals surface area contributed by atoms with Crippen LogP contribution in [0.5, 0.6) is 0 Å². The van der Waals surface area contributed by atoms with Crippen LogP contribution in [0, 0.1) is 0 Å². The number of nitrogens with two attached hydrogens (primary N) is 1. The number of benzene rings is 2. The summed E-state index contributed by atoms with van der Waals surface area (Å²) in [6.07, 6.45) is -0.128. The normalized spacial score (nSPS) is 12.6. The topological polar surface area (TPSA) is 180 Å². The summed E-state index contributed by atoms with van der Waals surface area (Å²) < 4.78 is 26.6. The first-order valence-electron chi connectivity index (χ1n) is 9.82. The van der Waals surface area contributed by atoms with E-state index in [1.54, 1.807) is 37.4 Å². The van der Waals surface area contributed by atoms with Crippen LogP contribution in [0.15, 0.2) is 64.5 Å². The first kappa shape index (κ1) is 25.5. The Morgan fingerprint density at radius 1 is 1.00 bits per heavy atom. The van der Waals surface area contributed by atoms with Crippen molar-refractivity contribution in [3.63, 3.8) is 0 Å². The third-order valence-corrected chi connectivity index (χ3v) is 5.96. The summed E-state index contributed by atoms with van der Waals surface area (Å²) >= 11 is 0. The van der Waals surface area contributed by atoms with Gasteiger partial charge in [-0.15, -0.1) is 0 Å². The van der Waals surface area contributed by atoms with E-state index in [2.05, 4.69) is 15.6 Å². The number of carboxylic acid groups (broad SMARTS) is 1. The molecule has 1 atom stereocenters. The van der Waals surface area contributed by atoms with Gasteiger partial charge in [0, 0.05) is 37.7 Å². The molecule has 0 spiro atoms. The second-order valence-electron chi connectivity index (χ2n) is 6.82. The fourth-order valence-electron chi connectivity index (χ4n) is 2.65. The number of carbonyl (C=O) groups is 3. The zero-order valence-electron chi connectivity index (χ0n) is 17.8. The van der Waals surface area contributed by atoms with Crippen molar-refractivity contribution < 1.29 is 27.9 Å². The highest BCUT2D eigenvalue weighted by Crippen LogP contribution is 2.08. The molecule has 0 aliphatic carbocycles. The number of rotatable bonds is 11. The van der Waals surface area contributed by atoms with Gasteiger partial charge in [0.15, 0.2) is 0 Å². The Morgan fingerprint density at radius 2 is 1.61 bits per heavy atom. The SMILES string of the molecule is CN=C(N)c1ccc(C(=O)NCCC(=O)NC[C@H](NS(=O)(=O)c2ccccc2)C(=O)O)cc1. The number of aliphatic carboxylic acids is 1. The molecule has 2 amide bonds. The predicted octanol–water partition coefficient (Wildman–Crippen LogP) is -0.310. The van der Waals surface area contributed by atoms with Crippen molar-refractivity contribution in [2.75, 3.05) is 20.1 Å². The van der Waals surface area contributed by atoms with Crippen molar-refractivity contribution in [2.24, 2.45) is 10.7 Å². The highest BCUT2D eigenvalue weighted by atomic mass is 32.2. The average Bonchev–Trinajstić information content (AvgIpc) is 2.81. The highest BCUT2D eigenvalue weighted by molar-refractivity contribution is 7.89. The molecule has 0 radical (unpaired) electrons. The summed E-state index contributed by atoms with van der Waals surface area (Å²) in [6.45, 7) is -0.464. The van der Waals surface area contributed by atoms with Gasteiger partial charge in [-0.25, -0.2) is 8.42 Å². The minimum atomic E-state index is -4.08. The molecule has 176 valence electrons. The number of amides is 2. The molecule has 0 fully saturated rings. The van der Waals surface area contributed by atoms with E-state index in [0.717, 1.165) is 0 Å². The van der Waals surface area contributed by atoms with Crippen molar-refractivity contribution >= 4 is 33.6 Å². The molecule has 0 heterocycles. The minimum absolute atomic E-state index is 0.00153. The lowest BCUT2D eigenvalue weighted by molar-refractivity contribution is -0.138.